The van der Waals surface area contributed by atoms with E-state index in [1.165, 1.54) is 44.2 Å². The standard InChI is InChI=1S/C47H33NO/c1-47(2)42-20-9-7-15-36(42)40-28-33(26-27-43(40)47)48(32-24-22-31(23-25-32)35-19-11-13-30-12-3-4-14-34(30)35)44-29-41-38-17-8-10-21-45(38)49-46(41)39-18-6-5-16-37(39)44/h3-29H,1-2H3. The fourth-order valence-electron chi connectivity index (χ4n) is 8.25. The summed E-state index contributed by atoms with van der Waals surface area (Å²) in [5.74, 6) is 0. The van der Waals surface area contributed by atoms with Gasteiger partial charge in [0.2, 0.25) is 0 Å². The van der Waals surface area contributed by atoms with Crippen LogP contribution >= 0.6 is 0 Å². The molecule has 0 aliphatic heterocycles. The van der Waals surface area contributed by atoms with E-state index in [2.05, 4.69) is 176 Å². The second kappa shape index (κ2) is 10.4. The number of para-hydroxylation sites is 1. The Morgan fingerprint density at radius 3 is 1.94 bits per heavy atom. The molecule has 0 amide bonds. The summed E-state index contributed by atoms with van der Waals surface area (Å²) >= 11 is 0. The van der Waals surface area contributed by atoms with Crippen molar-refractivity contribution in [2.45, 2.75) is 19.3 Å². The van der Waals surface area contributed by atoms with Crippen LogP contribution in [0.3, 0.4) is 0 Å². The van der Waals surface area contributed by atoms with Crippen LogP contribution < -0.4 is 4.90 Å². The van der Waals surface area contributed by atoms with Gasteiger partial charge in [0.25, 0.3) is 0 Å². The van der Waals surface area contributed by atoms with E-state index in [1.54, 1.807) is 0 Å². The summed E-state index contributed by atoms with van der Waals surface area (Å²) in [6.45, 7) is 4.68. The van der Waals surface area contributed by atoms with Crippen molar-refractivity contribution in [3.63, 3.8) is 0 Å². The monoisotopic (exact) mass is 627 g/mol. The molecule has 9 aromatic rings. The SMILES string of the molecule is CC1(C)c2ccccc2-c2cc(N(c3ccc(-c4cccc5ccccc45)cc3)c3cc4c5ccccc5oc4c4ccccc34)ccc21. The molecule has 8 aromatic carbocycles. The molecule has 0 unspecified atom stereocenters. The predicted octanol–water partition coefficient (Wildman–Crippen LogP) is 13.3. The average Bonchev–Trinajstić information content (AvgIpc) is 3.64. The Labute approximate surface area is 285 Å². The van der Waals surface area contributed by atoms with Crippen LogP contribution in [0.1, 0.15) is 25.0 Å². The van der Waals surface area contributed by atoms with E-state index in [9.17, 15) is 0 Å². The van der Waals surface area contributed by atoms with Gasteiger partial charge in [0, 0.05) is 38.3 Å². The maximum absolute atomic E-state index is 6.52. The Hall–Kier alpha value is -6.12. The normalized spacial score (nSPS) is 13.3. The molecule has 49 heavy (non-hydrogen) atoms. The summed E-state index contributed by atoms with van der Waals surface area (Å²) in [6.07, 6.45) is 0. The van der Waals surface area contributed by atoms with Gasteiger partial charge in [-0.15, -0.1) is 0 Å². The molecule has 0 atom stereocenters. The van der Waals surface area contributed by atoms with E-state index in [0.29, 0.717) is 0 Å². The van der Waals surface area contributed by atoms with Crippen molar-refractivity contribution in [3.05, 3.63) is 175 Å². The molecular weight excluding hydrogens is 595 g/mol. The summed E-state index contributed by atoms with van der Waals surface area (Å²) in [6, 6.07) is 59.5. The zero-order valence-electron chi connectivity index (χ0n) is 27.4. The maximum Gasteiger partial charge on any atom is 0.143 e. The number of furan rings is 1. The molecule has 232 valence electrons. The molecule has 1 aromatic heterocycles. The van der Waals surface area contributed by atoms with Crippen molar-refractivity contribution in [1.29, 1.82) is 0 Å². The molecular formula is C47H33NO. The third kappa shape index (κ3) is 4.14. The first kappa shape index (κ1) is 27.9. The lowest BCUT2D eigenvalue weighted by Crippen LogP contribution is -2.15. The Bertz CT molecular complexity index is 2740. The molecule has 0 fully saturated rings. The van der Waals surface area contributed by atoms with Crippen molar-refractivity contribution >= 4 is 60.5 Å². The van der Waals surface area contributed by atoms with Gasteiger partial charge < -0.3 is 9.32 Å². The van der Waals surface area contributed by atoms with Gasteiger partial charge >= 0.3 is 0 Å². The predicted molar refractivity (Wildman–Crippen MR) is 206 cm³/mol. The quantitative estimate of drug-likeness (QED) is 0.193. The largest absolute Gasteiger partial charge is 0.455 e. The van der Waals surface area contributed by atoms with Gasteiger partial charge in [0.1, 0.15) is 11.2 Å². The van der Waals surface area contributed by atoms with E-state index in [1.807, 2.05) is 6.07 Å². The van der Waals surface area contributed by atoms with Crippen molar-refractivity contribution in [3.8, 4) is 22.3 Å². The molecule has 1 aliphatic carbocycles. The molecule has 0 spiro atoms. The topological polar surface area (TPSA) is 16.4 Å². The maximum atomic E-state index is 6.52. The summed E-state index contributed by atoms with van der Waals surface area (Å²) in [4.78, 5) is 2.44. The number of nitrogens with zero attached hydrogens (tertiary/aromatic N) is 1. The number of benzene rings is 8. The van der Waals surface area contributed by atoms with E-state index in [4.69, 9.17) is 4.42 Å². The minimum Gasteiger partial charge on any atom is -0.455 e. The molecule has 2 nitrogen and oxygen atoms in total. The van der Waals surface area contributed by atoms with Gasteiger partial charge in [-0.2, -0.15) is 0 Å². The average molecular weight is 628 g/mol. The van der Waals surface area contributed by atoms with Gasteiger partial charge in [-0.05, 0) is 80.6 Å². The highest BCUT2D eigenvalue weighted by atomic mass is 16.3. The fourth-order valence-corrected chi connectivity index (χ4v) is 8.25. The van der Waals surface area contributed by atoms with Crippen molar-refractivity contribution in [2.75, 3.05) is 4.90 Å². The number of anilines is 3. The fraction of sp³-hybridized carbons (Fsp3) is 0.0638. The highest BCUT2D eigenvalue weighted by Gasteiger charge is 2.35. The van der Waals surface area contributed by atoms with Crippen LogP contribution in [-0.2, 0) is 5.41 Å². The molecule has 10 rings (SSSR count). The lowest BCUT2D eigenvalue weighted by molar-refractivity contribution is 0.660. The van der Waals surface area contributed by atoms with Crippen molar-refractivity contribution in [2.24, 2.45) is 0 Å². The van der Waals surface area contributed by atoms with Crippen molar-refractivity contribution < 1.29 is 4.42 Å². The molecule has 2 heteroatoms. The minimum absolute atomic E-state index is 0.0588. The summed E-state index contributed by atoms with van der Waals surface area (Å²) in [5.41, 5.74) is 12.9. The zero-order chi connectivity index (χ0) is 32.7. The van der Waals surface area contributed by atoms with Gasteiger partial charge in [-0.25, -0.2) is 0 Å². The smallest absolute Gasteiger partial charge is 0.143 e. The van der Waals surface area contributed by atoms with Crippen LogP contribution in [0.15, 0.2) is 168 Å². The molecule has 0 radical (unpaired) electrons. The summed E-state index contributed by atoms with van der Waals surface area (Å²) in [5, 5.41) is 7.01. The van der Waals surface area contributed by atoms with Gasteiger partial charge in [0.15, 0.2) is 0 Å². The lowest BCUT2D eigenvalue weighted by Gasteiger charge is -2.28. The first-order valence-electron chi connectivity index (χ1n) is 17.0. The number of hydrogen-bond acceptors (Lipinski definition) is 2. The Morgan fingerprint density at radius 1 is 0.449 bits per heavy atom. The van der Waals surface area contributed by atoms with E-state index >= 15 is 0 Å². The van der Waals surface area contributed by atoms with Crippen LogP contribution in [-0.4, -0.2) is 0 Å². The highest BCUT2D eigenvalue weighted by Crippen LogP contribution is 2.51. The Kier molecular flexibility index (Phi) is 5.95. The number of rotatable bonds is 4. The van der Waals surface area contributed by atoms with Gasteiger partial charge in [-0.3, -0.25) is 0 Å². The third-order valence-corrected chi connectivity index (χ3v) is 10.7. The van der Waals surface area contributed by atoms with Crippen LogP contribution in [0.5, 0.6) is 0 Å². The molecule has 0 N–H and O–H groups in total. The summed E-state index contributed by atoms with van der Waals surface area (Å²) in [7, 11) is 0. The van der Waals surface area contributed by atoms with E-state index < -0.39 is 0 Å². The molecule has 0 bridgehead atoms. The molecule has 0 saturated carbocycles. The zero-order valence-corrected chi connectivity index (χ0v) is 27.4. The van der Waals surface area contributed by atoms with E-state index in [-0.39, 0.29) is 5.41 Å². The molecule has 1 heterocycles. The van der Waals surface area contributed by atoms with Crippen LogP contribution in [0.2, 0.25) is 0 Å². The number of fused-ring (bicyclic) bond motifs is 9. The first-order valence-corrected chi connectivity index (χ1v) is 17.0. The van der Waals surface area contributed by atoms with Crippen molar-refractivity contribution in [1.82, 2.24) is 0 Å². The van der Waals surface area contributed by atoms with E-state index in [0.717, 1.165) is 49.8 Å². The minimum atomic E-state index is -0.0588. The Balaban J connectivity index is 1.23. The lowest BCUT2D eigenvalue weighted by atomic mass is 9.82. The molecule has 1 aliphatic rings. The van der Waals surface area contributed by atoms with Crippen LogP contribution in [0.25, 0.3) is 65.7 Å². The van der Waals surface area contributed by atoms with Crippen LogP contribution in [0.4, 0.5) is 17.1 Å². The second-order valence-corrected chi connectivity index (χ2v) is 13.7. The Morgan fingerprint density at radius 2 is 1.08 bits per heavy atom. The molecule has 0 saturated heterocycles. The first-order chi connectivity index (χ1) is 24.1. The van der Waals surface area contributed by atoms with Gasteiger partial charge in [0.05, 0.1) is 5.69 Å². The highest BCUT2D eigenvalue weighted by molar-refractivity contribution is 6.19. The number of hydrogen-bond donors (Lipinski definition) is 0. The van der Waals surface area contributed by atoms with Gasteiger partial charge in [-0.1, -0.05) is 141 Å². The second-order valence-electron chi connectivity index (χ2n) is 13.7. The summed E-state index contributed by atoms with van der Waals surface area (Å²) < 4.78 is 6.52. The third-order valence-electron chi connectivity index (χ3n) is 10.7. The van der Waals surface area contributed by atoms with Crippen LogP contribution in [0, 0.1) is 0 Å².